The summed E-state index contributed by atoms with van der Waals surface area (Å²) in [5.74, 6) is -1.94. The van der Waals surface area contributed by atoms with Gasteiger partial charge in [0.1, 0.15) is 6.67 Å². The van der Waals surface area contributed by atoms with Gasteiger partial charge in [-0.15, -0.1) is 0 Å². The molecule has 1 aliphatic heterocycles. The topological polar surface area (TPSA) is 64.6 Å². The van der Waals surface area contributed by atoms with Gasteiger partial charge in [0.05, 0.1) is 30.6 Å². The van der Waals surface area contributed by atoms with Crippen molar-refractivity contribution in [1.29, 1.82) is 0 Å². The SMILES string of the molecule is CCCOC(=O)C1=C(C)NC(CF)=C(C(=O)OC)C1C1=C(Cl)CCC1. The summed E-state index contributed by atoms with van der Waals surface area (Å²) in [6.07, 6.45) is 2.82. The molecular formula is C18H23ClFNO4. The van der Waals surface area contributed by atoms with E-state index in [-0.39, 0.29) is 17.9 Å². The molecule has 0 bridgehead atoms. The molecule has 2 aliphatic rings. The van der Waals surface area contributed by atoms with Gasteiger partial charge in [0.25, 0.3) is 0 Å². The Morgan fingerprint density at radius 1 is 1.28 bits per heavy atom. The molecule has 1 aliphatic carbocycles. The molecule has 0 amide bonds. The molecule has 0 radical (unpaired) electrons. The first-order valence-electron chi connectivity index (χ1n) is 8.35. The Kier molecular flexibility index (Phi) is 6.64. The second-order valence-electron chi connectivity index (χ2n) is 6.03. The van der Waals surface area contributed by atoms with Crippen molar-refractivity contribution < 1.29 is 23.5 Å². The quantitative estimate of drug-likeness (QED) is 0.724. The molecule has 1 N–H and O–H groups in total. The molecule has 0 fully saturated rings. The lowest BCUT2D eigenvalue weighted by Crippen LogP contribution is -2.35. The minimum atomic E-state index is -0.875. The molecule has 5 nitrogen and oxygen atoms in total. The maximum Gasteiger partial charge on any atom is 0.336 e. The molecule has 1 unspecified atom stereocenters. The van der Waals surface area contributed by atoms with E-state index in [1.54, 1.807) is 6.92 Å². The Balaban J connectivity index is 2.59. The van der Waals surface area contributed by atoms with Crippen molar-refractivity contribution in [2.45, 2.75) is 39.5 Å². The van der Waals surface area contributed by atoms with Gasteiger partial charge in [0.2, 0.25) is 0 Å². The predicted octanol–water partition coefficient (Wildman–Crippen LogP) is 3.51. The van der Waals surface area contributed by atoms with Gasteiger partial charge < -0.3 is 14.8 Å². The van der Waals surface area contributed by atoms with Crippen LogP contribution < -0.4 is 5.32 Å². The molecule has 2 rings (SSSR count). The first-order valence-corrected chi connectivity index (χ1v) is 8.73. The van der Waals surface area contributed by atoms with Crippen LogP contribution in [0.2, 0.25) is 0 Å². The Morgan fingerprint density at radius 3 is 2.52 bits per heavy atom. The minimum absolute atomic E-state index is 0.0918. The molecule has 7 heteroatoms. The summed E-state index contributed by atoms with van der Waals surface area (Å²) in [4.78, 5) is 25.0. The van der Waals surface area contributed by atoms with Gasteiger partial charge in [-0.1, -0.05) is 18.5 Å². The van der Waals surface area contributed by atoms with Gasteiger partial charge in [0.15, 0.2) is 0 Å². The molecule has 0 aromatic carbocycles. The number of ether oxygens (including phenoxy) is 2. The lowest BCUT2D eigenvalue weighted by atomic mass is 9.79. The van der Waals surface area contributed by atoms with Crippen molar-refractivity contribution in [3.8, 4) is 0 Å². The highest BCUT2D eigenvalue weighted by Crippen LogP contribution is 2.44. The van der Waals surface area contributed by atoms with E-state index in [2.05, 4.69) is 5.32 Å². The van der Waals surface area contributed by atoms with Gasteiger partial charge >= 0.3 is 11.9 Å². The lowest BCUT2D eigenvalue weighted by Gasteiger charge is -2.31. The third-order valence-electron chi connectivity index (χ3n) is 4.38. The zero-order valence-corrected chi connectivity index (χ0v) is 15.5. The van der Waals surface area contributed by atoms with Crippen LogP contribution in [-0.4, -0.2) is 32.3 Å². The van der Waals surface area contributed by atoms with Gasteiger partial charge in [0, 0.05) is 16.6 Å². The highest BCUT2D eigenvalue weighted by Gasteiger charge is 2.41. The second-order valence-corrected chi connectivity index (χ2v) is 6.49. The highest BCUT2D eigenvalue weighted by atomic mass is 35.5. The van der Waals surface area contributed by atoms with Gasteiger partial charge in [-0.25, -0.2) is 14.0 Å². The van der Waals surface area contributed by atoms with E-state index >= 15 is 0 Å². The Bertz CT molecular complexity index is 666. The number of dihydropyridines is 1. The fourth-order valence-electron chi connectivity index (χ4n) is 3.28. The van der Waals surface area contributed by atoms with Crippen LogP contribution in [0.25, 0.3) is 0 Å². The number of alkyl halides is 1. The molecule has 0 aromatic rings. The van der Waals surface area contributed by atoms with E-state index in [0.717, 1.165) is 12.0 Å². The summed E-state index contributed by atoms with van der Waals surface area (Å²) in [6.45, 7) is 2.95. The van der Waals surface area contributed by atoms with Crippen LogP contribution in [0.15, 0.2) is 33.1 Å². The summed E-state index contributed by atoms with van der Waals surface area (Å²) in [5, 5.41) is 3.44. The van der Waals surface area contributed by atoms with Gasteiger partial charge in [-0.05, 0) is 38.2 Å². The molecule has 0 saturated carbocycles. The zero-order chi connectivity index (χ0) is 18.6. The number of esters is 2. The molecule has 0 saturated heterocycles. The fraction of sp³-hybridized carbons (Fsp3) is 0.556. The number of allylic oxidation sites excluding steroid dienone is 4. The standard InChI is InChI=1S/C18H23ClFNO4/c1-4-8-25-18(23)14-10(2)21-13(9-20)16(17(22)24-3)15(14)11-6-5-7-12(11)19/h15,21H,4-9H2,1-3H3. The smallest absolute Gasteiger partial charge is 0.336 e. The molecule has 1 atom stereocenters. The number of methoxy groups -OCH3 is 1. The van der Waals surface area contributed by atoms with Crippen LogP contribution in [0.3, 0.4) is 0 Å². The largest absolute Gasteiger partial charge is 0.466 e. The van der Waals surface area contributed by atoms with Gasteiger partial charge in [-0.2, -0.15) is 0 Å². The van der Waals surface area contributed by atoms with Gasteiger partial charge in [-0.3, -0.25) is 0 Å². The number of carbonyl (C=O) groups is 2. The number of rotatable bonds is 6. The highest BCUT2D eigenvalue weighted by molar-refractivity contribution is 6.30. The molecule has 25 heavy (non-hydrogen) atoms. The number of carbonyl (C=O) groups excluding carboxylic acids is 2. The average Bonchev–Trinajstić information content (AvgIpc) is 3.03. The van der Waals surface area contributed by atoms with Crippen LogP contribution in [-0.2, 0) is 19.1 Å². The summed E-state index contributed by atoms with van der Waals surface area (Å²) >= 11 is 6.35. The lowest BCUT2D eigenvalue weighted by molar-refractivity contribution is -0.139. The predicted molar refractivity (Wildman–Crippen MR) is 92.3 cm³/mol. The van der Waals surface area contributed by atoms with Crippen LogP contribution in [0.5, 0.6) is 0 Å². The Labute approximate surface area is 151 Å². The fourth-order valence-corrected chi connectivity index (χ4v) is 3.61. The molecule has 138 valence electrons. The van der Waals surface area contributed by atoms with E-state index in [1.807, 2.05) is 6.92 Å². The monoisotopic (exact) mass is 371 g/mol. The molecule has 1 heterocycles. The van der Waals surface area contributed by atoms with Crippen LogP contribution in [0.4, 0.5) is 4.39 Å². The van der Waals surface area contributed by atoms with E-state index in [0.29, 0.717) is 35.6 Å². The van der Waals surface area contributed by atoms with Crippen LogP contribution >= 0.6 is 11.6 Å². The second kappa shape index (κ2) is 8.52. The zero-order valence-electron chi connectivity index (χ0n) is 14.7. The minimum Gasteiger partial charge on any atom is -0.466 e. The molecule has 0 aromatic heterocycles. The number of hydrogen-bond acceptors (Lipinski definition) is 5. The molecule has 0 spiro atoms. The Hall–Kier alpha value is -1.82. The normalized spacial score (nSPS) is 20.8. The maximum absolute atomic E-state index is 13.6. The summed E-state index contributed by atoms with van der Waals surface area (Å²) in [7, 11) is 1.23. The number of halogens is 2. The first-order chi connectivity index (χ1) is 12.0. The van der Waals surface area contributed by atoms with Crippen LogP contribution in [0.1, 0.15) is 39.5 Å². The summed E-state index contributed by atoms with van der Waals surface area (Å²) in [6, 6.07) is 0. The van der Waals surface area contributed by atoms with E-state index in [1.165, 1.54) is 7.11 Å². The number of nitrogens with one attached hydrogen (secondary N) is 1. The van der Waals surface area contributed by atoms with E-state index < -0.39 is 24.5 Å². The van der Waals surface area contributed by atoms with Crippen molar-refractivity contribution in [2.24, 2.45) is 5.92 Å². The third-order valence-corrected chi connectivity index (χ3v) is 4.81. The van der Waals surface area contributed by atoms with Crippen molar-refractivity contribution in [2.75, 3.05) is 20.4 Å². The maximum atomic E-state index is 13.6. The van der Waals surface area contributed by atoms with Crippen molar-refractivity contribution in [3.05, 3.63) is 33.1 Å². The summed E-state index contributed by atoms with van der Waals surface area (Å²) in [5.41, 5.74) is 1.72. The average molecular weight is 372 g/mol. The third kappa shape index (κ3) is 3.89. The van der Waals surface area contributed by atoms with Crippen molar-refractivity contribution in [1.82, 2.24) is 5.32 Å². The van der Waals surface area contributed by atoms with Crippen LogP contribution in [0, 0.1) is 5.92 Å². The summed E-state index contributed by atoms with van der Waals surface area (Å²) < 4.78 is 23.7. The number of hydrogen-bond donors (Lipinski definition) is 1. The van der Waals surface area contributed by atoms with Crippen molar-refractivity contribution >= 4 is 23.5 Å². The van der Waals surface area contributed by atoms with E-state index in [9.17, 15) is 14.0 Å². The molecular weight excluding hydrogens is 349 g/mol. The van der Waals surface area contributed by atoms with E-state index in [4.69, 9.17) is 21.1 Å². The first kappa shape index (κ1) is 19.5. The Morgan fingerprint density at radius 2 is 2.00 bits per heavy atom. The van der Waals surface area contributed by atoms with Crippen molar-refractivity contribution in [3.63, 3.8) is 0 Å².